The molecule has 94 valence electrons. The summed E-state index contributed by atoms with van der Waals surface area (Å²) >= 11 is 9.20. The molecule has 0 spiro atoms. The van der Waals surface area contributed by atoms with Gasteiger partial charge in [-0.15, -0.1) is 11.6 Å². The highest BCUT2D eigenvalue weighted by Crippen LogP contribution is 2.19. The third kappa shape index (κ3) is 4.32. The van der Waals surface area contributed by atoms with E-state index in [1.807, 2.05) is 39.0 Å². The molecule has 0 bridgehead atoms. The molecule has 0 aliphatic heterocycles. The normalized spacial score (nSPS) is 11.4. The van der Waals surface area contributed by atoms with Gasteiger partial charge in [-0.1, -0.05) is 25.5 Å². The Bertz CT molecular complexity index is 418. The smallest absolute Gasteiger partial charge is 0.252 e. The predicted molar refractivity (Wildman–Crippen MR) is 75.7 cm³/mol. The SMILES string of the molecule is Cc1ccc(Br)c(C(=O)NCC(C)(C)CCl)c1. The van der Waals surface area contributed by atoms with Crippen LogP contribution in [0.1, 0.15) is 29.8 Å². The lowest BCUT2D eigenvalue weighted by molar-refractivity contribution is 0.0939. The minimum absolute atomic E-state index is 0.0706. The summed E-state index contributed by atoms with van der Waals surface area (Å²) in [5.74, 6) is 0.446. The molecule has 0 radical (unpaired) electrons. The second kappa shape index (κ2) is 5.87. The Morgan fingerprint density at radius 3 is 2.71 bits per heavy atom. The van der Waals surface area contributed by atoms with Crippen molar-refractivity contribution in [3.05, 3.63) is 33.8 Å². The van der Waals surface area contributed by atoms with Crippen molar-refractivity contribution in [2.24, 2.45) is 5.41 Å². The van der Waals surface area contributed by atoms with Crippen molar-refractivity contribution in [3.8, 4) is 0 Å². The number of nitrogens with one attached hydrogen (secondary N) is 1. The summed E-state index contributed by atoms with van der Waals surface area (Å²) in [5.41, 5.74) is 1.64. The predicted octanol–water partition coefficient (Wildman–Crippen LogP) is 3.75. The lowest BCUT2D eigenvalue weighted by atomic mass is 9.96. The molecule has 0 saturated carbocycles. The van der Waals surface area contributed by atoms with Crippen LogP contribution in [0.15, 0.2) is 22.7 Å². The number of alkyl halides is 1. The molecule has 0 aliphatic rings. The van der Waals surface area contributed by atoms with E-state index in [0.29, 0.717) is 18.0 Å². The molecule has 0 aromatic heterocycles. The van der Waals surface area contributed by atoms with E-state index in [-0.39, 0.29) is 11.3 Å². The summed E-state index contributed by atoms with van der Waals surface area (Å²) in [6.07, 6.45) is 0. The average molecular weight is 319 g/mol. The summed E-state index contributed by atoms with van der Waals surface area (Å²) in [6, 6.07) is 5.72. The molecule has 0 atom stereocenters. The van der Waals surface area contributed by atoms with Gasteiger partial charge in [0.1, 0.15) is 0 Å². The summed E-state index contributed by atoms with van der Waals surface area (Å²) < 4.78 is 0.810. The maximum Gasteiger partial charge on any atom is 0.252 e. The van der Waals surface area contributed by atoms with E-state index < -0.39 is 0 Å². The van der Waals surface area contributed by atoms with Crippen molar-refractivity contribution in [3.63, 3.8) is 0 Å². The monoisotopic (exact) mass is 317 g/mol. The number of amides is 1. The number of hydrogen-bond donors (Lipinski definition) is 1. The van der Waals surface area contributed by atoms with Gasteiger partial charge in [-0.3, -0.25) is 4.79 Å². The Hall–Kier alpha value is -0.540. The molecule has 1 aromatic rings. The number of rotatable bonds is 4. The largest absolute Gasteiger partial charge is 0.351 e. The molecule has 1 rings (SSSR count). The van der Waals surface area contributed by atoms with Crippen molar-refractivity contribution in [1.29, 1.82) is 0 Å². The van der Waals surface area contributed by atoms with Crippen LogP contribution in [-0.4, -0.2) is 18.3 Å². The van der Waals surface area contributed by atoms with Gasteiger partial charge in [0, 0.05) is 16.9 Å². The summed E-state index contributed by atoms with van der Waals surface area (Å²) in [5, 5.41) is 2.90. The lowest BCUT2D eigenvalue weighted by Crippen LogP contribution is -2.35. The first-order valence-electron chi connectivity index (χ1n) is 5.46. The van der Waals surface area contributed by atoms with Crippen molar-refractivity contribution in [2.45, 2.75) is 20.8 Å². The Morgan fingerprint density at radius 1 is 1.47 bits per heavy atom. The van der Waals surface area contributed by atoms with Crippen LogP contribution in [0.25, 0.3) is 0 Å². The van der Waals surface area contributed by atoms with E-state index in [0.717, 1.165) is 10.0 Å². The highest BCUT2D eigenvalue weighted by Gasteiger charge is 2.18. The van der Waals surface area contributed by atoms with E-state index in [2.05, 4.69) is 21.2 Å². The fraction of sp³-hybridized carbons (Fsp3) is 0.462. The highest BCUT2D eigenvalue weighted by atomic mass is 79.9. The van der Waals surface area contributed by atoms with Crippen LogP contribution in [-0.2, 0) is 0 Å². The molecule has 4 heteroatoms. The van der Waals surface area contributed by atoms with E-state index in [4.69, 9.17) is 11.6 Å². The van der Waals surface area contributed by atoms with Gasteiger partial charge >= 0.3 is 0 Å². The van der Waals surface area contributed by atoms with Gasteiger partial charge in [-0.2, -0.15) is 0 Å². The third-order valence-corrected chi connectivity index (χ3v) is 3.87. The summed E-state index contributed by atoms with van der Waals surface area (Å²) in [7, 11) is 0. The van der Waals surface area contributed by atoms with E-state index in [9.17, 15) is 4.79 Å². The first-order chi connectivity index (χ1) is 7.85. The number of carbonyl (C=O) groups excluding carboxylic acids is 1. The molecular formula is C13H17BrClNO. The summed E-state index contributed by atoms with van der Waals surface area (Å²) in [4.78, 5) is 12.0. The standard InChI is InChI=1S/C13H17BrClNO/c1-9-4-5-11(14)10(6-9)12(17)16-8-13(2,3)7-15/h4-6H,7-8H2,1-3H3,(H,16,17). The molecule has 17 heavy (non-hydrogen) atoms. The first-order valence-corrected chi connectivity index (χ1v) is 6.79. The number of halogens is 2. The molecule has 0 aliphatic carbocycles. The second-order valence-corrected chi connectivity index (χ2v) is 6.09. The van der Waals surface area contributed by atoms with Crippen molar-refractivity contribution >= 4 is 33.4 Å². The summed E-state index contributed by atoms with van der Waals surface area (Å²) in [6.45, 7) is 6.57. The van der Waals surface area contributed by atoms with Gasteiger partial charge in [0.25, 0.3) is 5.91 Å². The average Bonchev–Trinajstić information content (AvgIpc) is 2.29. The van der Waals surface area contributed by atoms with Gasteiger partial charge in [0.15, 0.2) is 0 Å². The quantitative estimate of drug-likeness (QED) is 0.842. The van der Waals surface area contributed by atoms with E-state index in [1.54, 1.807) is 0 Å². The number of benzene rings is 1. The van der Waals surface area contributed by atoms with Gasteiger partial charge in [0.05, 0.1) is 5.56 Å². The van der Waals surface area contributed by atoms with Crippen LogP contribution in [0.5, 0.6) is 0 Å². The molecule has 0 unspecified atom stereocenters. The molecule has 1 aromatic carbocycles. The number of aryl methyl sites for hydroxylation is 1. The zero-order chi connectivity index (χ0) is 13.1. The third-order valence-electron chi connectivity index (χ3n) is 2.46. The van der Waals surface area contributed by atoms with Crippen LogP contribution in [0, 0.1) is 12.3 Å². The topological polar surface area (TPSA) is 29.1 Å². The number of hydrogen-bond acceptors (Lipinski definition) is 1. The minimum Gasteiger partial charge on any atom is -0.351 e. The van der Waals surface area contributed by atoms with Gasteiger partial charge in [0.2, 0.25) is 0 Å². The maximum absolute atomic E-state index is 12.0. The highest BCUT2D eigenvalue weighted by molar-refractivity contribution is 9.10. The van der Waals surface area contributed by atoms with E-state index in [1.165, 1.54) is 0 Å². The van der Waals surface area contributed by atoms with Crippen LogP contribution in [0.3, 0.4) is 0 Å². The van der Waals surface area contributed by atoms with Crippen LogP contribution in [0.4, 0.5) is 0 Å². The van der Waals surface area contributed by atoms with Crippen molar-refractivity contribution in [1.82, 2.24) is 5.32 Å². The van der Waals surface area contributed by atoms with Crippen LogP contribution >= 0.6 is 27.5 Å². The Labute approximate surface area is 116 Å². The number of carbonyl (C=O) groups is 1. The molecule has 0 fully saturated rings. The Kier molecular flexibility index (Phi) is 5.02. The lowest BCUT2D eigenvalue weighted by Gasteiger charge is -2.21. The van der Waals surface area contributed by atoms with E-state index >= 15 is 0 Å². The van der Waals surface area contributed by atoms with Gasteiger partial charge in [-0.05, 0) is 40.4 Å². The van der Waals surface area contributed by atoms with Crippen molar-refractivity contribution < 1.29 is 4.79 Å². The molecule has 0 saturated heterocycles. The first kappa shape index (κ1) is 14.5. The fourth-order valence-corrected chi connectivity index (χ4v) is 1.80. The zero-order valence-electron chi connectivity index (χ0n) is 10.3. The molecule has 0 heterocycles. The molecule has 1 amide bonds. The van der Waals surface area contributed by atoms with Crippen LogP contribution in [0.2, 0.25) is 0 Å². The molecule has 2 nitrogen and oxygen atoms in total. The maximum atomic E-state index is 12.0. The van der Waals surface area contributed by atoms with Gasteiger partial charge in [-0.25, -0.2) is 0 Å². The molecular weight excluding hydrogens is 302 g/mol. The van der Waals surface area contributed by atoms with Crippen molar-refractivity contribution in [2.75, 3.05) is 12.4 Å². The minimum atomic E-state index is -0.0898. The van der Waals surface area contributed by atoms with Crippen LogP contribution < -0.4 is 5.32 Å². The second-order valence-electron chi connectivity index (χ2n) is 4.96. The Balaban J connectivity index is 2.74. The fourth-order valence-electron chi connectivity index (χ4n) is 1.28. The Morgan fingerprint density at radius 2 is 2.12 bits per heavy atom. The van der Waals surface area contributed by atoms with Gasteiger partial charge < -0.3 is 5.32 Å². The zero-order valence-corrected chi connectivity index (χ0v) is 12.7. The molecule has 1 N–H and O–H groups in total.